The minimum atomic E-state index is -0.475. The van der Waals surface area contributed by atoms with Crippen LogP contribution in [-0.2, 0) is 6.42 Å². The van der Waals surface area contributed by atoms with Crippen molar-refractivity contribution in [3.05, 3.63) is 29.8 Å². The van der Waals surface area contributed by atoms with E-state index < -0.39 is 5.95 Å². The van der Waals surface area contributed by atoms with Crippen molar-refractivity contribution < 1.29 is 4.39 Å². The van der Waals surface area contributed by atoms with Crippen LogP contribution in [0.25, 0.3) is 11.0 Å². The van der Waals surface area contributed by atoms with Crippen LogP contribution in [0.2, 0.25) is 0 Å². The second kappa shape index (κ2) is 4.66. The number of aromatic nitrogens is 2. The summed E-state index contributed by atoms with van der Waals surface area (Å²) in [7, 11) is 5.88. The molecule has 2 aromatic heterocycles. The highest BCUT2D eigenvalue weighted by Gasteiger charge is 2.08. The highest BCUT2D eigenvalue weighted by atomic mass is 19.1. The van der Waals surface area contributed by atoms with Crippen molar-refractivity contribution in [2.24, 2.45) is 0 Å². The summed E-state index contributed by atoms with van der Waals surface area (Å²) in [6.07, 6.45) is 2.52. The van der Waals surface area contributed by atoms with Gasteiger partial charge in [0.25, 0.3) is 0 Å². The Balaban J connectivity index is 2.25. The Morgan fingerprint density at radius 2 is 2.38 bits per heavy atom. The number of fused-ring (bicyclic) bond motifs is 1. The molecule has 0 spiro atoms. The third-order valence-corrected chi connectivity index (χ3v) is 2.50. The molecule has 2 rings (SSSR count). The van der Waals surface area contributed by atoms with Crippen LogP contribution in [0.15, 0.2) is 18.3 Å². The van der Waals surface area contributed by atoms with E-state index in [0.717, 1.165) is 17.5 Å². The number of H-pyrrole nitrogens is 1. The molecule has 0 aliphatic rings. The Kier molecular flexibility index (Phi) is 3.24. The largest absolute Gasteiger partial charge is 0.346 e. The number of halogens is 1. The number of pyridine rings is 1. The lowest BCUT2D eigenvalue weighted by Crippen LogP contribution is -2.30. The first-order chi connectivity index (χ1) is 7.70. The number of likely N-dealkylation sites (N-methyl/N-ethyl adjacent to an activating group) is 1. The molecule has 3 nitrogen and oxygen atoms in total. The number of hydrogen-bond acceptors (Lipinski definition) is 2. The summed E-state index contributed by atoms with van der Waals surface area (Å²) in [5, 5.41) is 4.05. The van der Waals surface area contributed by atoms with Gasteiger partial charge in [0, 0.05) is 11.6 Å². The average Bonchev–Trinajstić information content (AvgIpc) is 2.61. The van der Waals surface area contributed by atoms with Gasteiger partial charge in [-0.05, 0) is 36.6 Å². The van der Waals surface area contributed by atoms with E-state index in [4.69, 9.17) is 7.85 Å². The molecule has 1 unspecified atom stereocenters. The zero-order valence-electron chi connectivity index (χ0n) is 9.13. The molecule has 0 saturated heterocycles. The molecule has 0 aliphatic carbocycles. The zero-order valence-corrected chi connectivity index (χ0v) is 9.13. The lowest BCUT2D eigenvalue weighted by molar-refractivity contribution is 0.588. The van der Waals surface area contributed by atoms with Gasteiger partial charge in [0.2, 0.25) is 5.95 Å². The van der Waals surface area contributed by atoms with Gasteiger partial charge in [-0.2, -0.15) is 4.39 Å². The normalized spacial score (nSPS) is 13.1. The van der Waals surface area contributed by atoms with E-state index in [0.29, 0.717) is 12.1 Å². The lowest BCUT2D eigenvalue weighted by atomic mass is 9.90. The van der Waals surface area contributed by atoms with Crippen LogP contribution in [0.3, 0.4) is 0 Å². The number of rotatable bonds is 4. The predicted octanol–water partition coefficient (Wildman–Crippen LogP) is 1.35. The monoisotopic (exact) mass is 217 g/mol. The van der Waals surface area contributed by atoms with Gasteiger partial charge in [-0.3, -0.25) is 0 Å². The van der Waals surface area contributed by atoms with E-state index in [2.05, 4.69) is 15.3 Å². The first kappa shape index (κ1) is 11.1. The number of aromatic amines is 1. The maximum absolute atomic E-state index is 12.9. The molecular formula is C11H13BFN3. The van der Waals surface area contributed by atoms with Crippen LogP contribution in [0.4, 0.5) is 4.39 Å². The molecule has 0 bridgehead atoms. The highest BCUT2D eigenvalue weighted by Crippen LogP contribution is 2.17. The third-order valence-electron chi connectivity index (χ3n) is 2.50. The SMILES string of the molecule is [B]C(Cc1c[nH]c2nc(F)ccc12)NCC. The maximum Gasteiger partial charge on any atom is 0.214 e. The molecule has 1 atom stereocenters. The van der Waals surface area contributed by atoms with E-state index in [9.17, 15) is 4.39 Å². The van der Waals surface area contributed by atoms with Gasteiger partial charge in [0.05, 0.1) is 7.85 Å². The van der Waals surface area contributed by atoms with Crippen LogP contribution < -0.4 is 5.32 Å². The van der Waals surface area contributed by atoms with Crippen LogP contribution >= 0.6 is 0 Å². The van der Waals surface area contributed by atoms with Crippen LogP contribution in [0.1, 0.15) is 12.5 Å². The number of hydrogen-bond donors (Lipinski definition) is 2. The second-order valence-electron chi connectivity index (χ2n) is 3.71. The standard InChI is InChI=1S/C11H13BFN3/c1-2-14-9(12)5-7-6-15-11-8(7)3-4-10(13)16-11/h3-4,6,9,14H,2,5H2,1H3,(H,15,16). The highest BCUT2D eigenvalue weighted by molar-refractivity contribution is 6.12. The minimum absolute atomic E-state index is 0.0888. The van der Waals surface area contributed by atoms with Gasteiger partial charge in [-0.15, -0.1) is 0 Å². The molecule has 0 aromatic carbocycles. The first-order valence-corrected chi connectivity index (χ1v) is 5.32. The summed E-state index contributed by atoms with van der Waals surface area (Å²) >= 11 is 0. The molecule has 2 radical (unpaired) electrons. The van der Waals surface area contributed by atoms with Gasteiger partial charge < -0.3 is 10.3 Å². The summed E-state index contributed by atoms with van der Waals surface area (Å²) in [4.78, 5) is 6.71. The average molecular weight is 217 g/mol. The summed E-state index contributed by atoms with van der Waals surface area (Å²) < 4.78 is 12.9. The molecule has 0 aliphatic heterocycles. The van der Waals surface area contributed by atoms with Crippen molar-refractivity contribution in [3.63, 3.8) is 0 Å². The van der Waals surface area contributed by atoms with E-state index in [-0.39, 0.29) is 5.94 Å². The molecule has 16 heavy (non-hydrogen) atoms. The van der Waals surface area contributed by atoms with Crippen molar-refractivity contribution in [1.29, 1.82) is 0 Å². The Labute approximate surface area is 94.9 Å². The molecule has 5 heteroatoms. The van der Waals surface area contributed by atoms with Crippen molar-refractivity contribution in [3.8, 4) is 0 Å². The van der Waals surface area contributed by atoms with Gasteiger partial charge >= 0.3 is 0 Å². The summed E-state index contributed by atoms with van der Waals surface area (Å²) in [5.41, 5.74) is 1.62. The quantitative estimate of drug-likeness (QED) is 0.599. The fourth-order valence-corrected chi connectivity index (χ4v) is 1.78. The third kappa shape index (κ3) is 2.24. The Morgan fingerprint density at radius 1 is 1.56 bits per heavy atom. The van der Waals surface area contributed by atoms with Crippen LogP contribution in [-0.4, -0.2) is 30.3 Å². The predicted molar refractivity (Wildman–Crippen MR) is 63.0 cm³/mol. The second-order valence-corrected chi connectivity index (χ2v) is 3.71. The topological polar surface area (TPSA) is 40.7 Å². The molecule has 82 valence electrons. The molecular weight excluding hydrogens is 204 g/mol. The maximum atomic E-state index is 12.9. The molecule has 0 amide bonds. The van der Waals surface area contributed by atoms with E-state index >= 15 is 0 Å². The van der Waals surface area contributed by atoms with Gasteiger partial charge in [0.1, 0.15) is 5.65 Å². The first-order valence-electron chi connectivity index (χ1n) is 5.32. The van der Waals surface area contributed by atoms with Crippen molar-refractivity contribution >= 4 is 18.9 Å². The lowest BCUT2D eigenvalue weighted by Gasteiger charge is -2.11. The summed E-state index contributed by atoms with van der Waals surface area (Å²) in [6.45, 7) is 2.84. The van der Waals surface area contributed by atoms with E-state index in [1.54, 1.807) is 6.07 Å². The summed E-state index contributed by atoms with van der Waals surface area (Å²) in [6, 6.07) is 3.08. The number of nitrogens with zero attached hydrogens (tertiary/aromatic N) is 1. The Bertz CT molecular complexity index is 483. The van der Waals surface area contributed by atoms with Crippen molar-refractivity contribution in [2.75, 3.05) is 6.54 Å². The number of nitrogens with one attached hydrogen (secondary N) is 2. The van der Waals surface area contributed by atoms with Crippen LogP contribution in [0, 0.1) is 5.95 Å². The fraction of sp³-hybridized carbons (Fsp3) is 0.364. The Morgan fingerprint density at radius 3 is 3.12 bits per heavy atom. The molecule has 2 aromatic rings. The van der Waals surface area contributed by atoms with E-state index in [1.807, 2.05) is 13.1 Å². The van der Waals surface area contributed by atoms with Crippen molar-refractivity contribution in [2.45, 2.75) is 19.3 Å². The van der Waals surface area contributed by atoms with E-state index in [1.165, 1.54) is 6.07 Å². The van der Waals surface area contributed by atoms with Gasteiger partial charge in [0.15, 0.2) is 0 Å². The van der Waals surface area contributed by atoms with Crippen LogP contribution in [0.5, 0.6) is 0 Å². The fourth-order valence-electron chi connectivity index (χ4n) is 1.78. The molecule has 0 saturated carbocycles. The Hall–Kier alpha value is -1.36. The summed E-state index contributed by atoms with van der Waals surface area (Å²) in [5.74, 6) is -0.564. The molecule has 2 heterocycles. The smallest absolute Gasteiger partial charge is 0.214 e. The minimum Gasteiger partial charge on any atom is -0.346 e. The van der Waals surface area contributed by atoms with Crippen molar-refractivity contribution in [1.82, 2.24) is 15.3 Å². The molecule has 0 fully saturated rings. The zero-order chi connectivity index (χ0) is 11.5. The van der Waals surface area contributed by atoms with Gasteiger partial charge in [-0.1, -0.05) is 6.92 Å². The molecule has 2 N–H and O–H groups in total. The van der Waals surface area contributed by atoms with Gasteiger partial charge in [-0.25, -0.2) is 4.98 Å².